The molecule has 1 saturated carbocycles. The zero-order chi connectivity index (χ0) is 36.8. The number of aliphatic hydroxyl groups is 2. The number of carbonyl (C=O) groups excluding carboxylic acids is 2. The average molecular weight is 701 g/mol. The third-order valence-electron chi connectivity index (χ3n) is 9.79. The second-order valence-corrected chi connectivity index (χ2v) is 14.3. The number of rotatable bonds is 19. The Morgan fingerprint density at radius 1 is 0.784 bits per heavy atom. The Morgan fingerprint density at radius 2 is 1.41 bits per heavy atom. The van der Waals surface area contributed by atoms with Crippen molar-refractivity contribution in [3.05, 3.63) is 83.9 Å². The molecule has 8 nitrogen and oxygen atoms in total. The molecule has 0 heterocycles. The number of unbranched alkanes of at least 4 members (excludes halogenated alkanes) is 2. The molecule has 276 valence electrons. The quantitative estimate of drug-likeness (QED) is 0.0727. The van der Waals surface area contributed by atoms with Crippen LogP contribution in [0.2, 0.25) is 0 Å². The van der Waals surface area contributed by atoms with Gasteiger partial charge in [-0.05, 0) is 104 Å². The van der Waals surface area contributed by atoms with Crippen LogP contribution in [-0.2, 0) is 19.1 Å². The van der Waals surface area contributed by atoms with Gasteiger partial charge < -0.3 is 29.2 Å². The molecule has 51 heavy (non-hydrogen) atoms. The molecule has 0 spiro atoms. The summed E-state index contributed by atoms with van der Waals surface area (Å²) in [7, 11) is 0. The lowest BCUT2D eigenvalue weighted by molar-refractivity contribution is -0.156. The van der Waals surface area contributed by atoms with E-state index in [4.69, 9.17) is 24.1 Å². The summed E-state index contributed by atoms with van der Waals surface area (Å²) in [5, 5.41) is 18.5. The summed E-state index contributed by atoms with van der Waals surface area (Å²) in [5.74, 6) is 1.39. The lowest BCUT2D eigenvalue weighted by Gasteiger charge is -2.29. The highest BCUT2D eigenvalue weighted by molar-refractivity contribution is 5.87. The smallest absolute Gasteiger partial charge is 0.335 e. The Bertz CT molecular complexity index is 1580. The van der Waals surface area contributed by atoms with Crippen molar-refractivity contribution < 1.29 is 38.7 Å². The summed E-state index contributed by atoms with van der Waals surface area (Å²) in [6, 6.07) is 20.9. The first-order chi connectivity index (χ1) is 24.5. The number of hydrogen-bond acceptors (Lipinski definition) is 8. The number of aryl methyl sites for hydroxylation is 1. The minimum absolute atomic E-state index is 0.0144. The van der Waals surface area contributed by atoms with Crippen molar-refractivity contribution in [2.45, 2.75) is 85.0 Å². The van der Waals surface area contributed by atoms with Crippen LogP contribution in [0.4, 0.5) is 0 Å². The van der Waals surface area contributed by atoms with Gasteiger partial charge >= 0.3 is 11.9 Å². The number of benzene rings is 3. The molecular formula is C43H56O8. The molecule has 0 aromatic heterocycles. The van der Waals surface area contributed by atoms with Crippen LogP contribution in [0.5, 0.6) is 11.5 Å². The van der Waals surface area contributed by atoms with E-state index in [0.717, 1.165) is 22.6 Å². The predicted molar refractivity (Wildman–Crippen MR) is 201 cm³/mol. The van der Waals surface area contributed by atoms with E-state index in [0.29, 0.717) is 17.4 Å². The Morgan fingerprint density at radius 3 is 2.00 bits per heavy atom. The number of aliphatic hydroxyl groups excluding tert-OH is 2. The Balaban J connectivity index is 1.44. The van der Waals surface area contributed by atoms with Gasteiger partial charge in [0.05, 0.1) is 24.2 Å². The van der Waals surface area contributed by atoms with Crippen molar-refractivity contribution in [3.63, 3.8) is 0 Å². The minimum atomic E-state index is -0.993. The van der Waals surface area contributed by atoms with Crippen molar-refractivity contribution in [2.24, 2.45) is 11.3 Å². The fraction of sp³-hybridized carbons (Fsp3) is 0.488. The summed E-state index contributed by atoms with van der Waals surface area (Å²) in [5.41, 5.74) is 5.90. The standard InChI is InChI=1S/C43H56O8/c1-6-7-8-9-32-10-12-33(13-11-32)36-18-19-40(30(2)24-36)35-16-14-34(15-17-35)37-25-38(48-20-22-50-41(46)31(3)28-44)27-39(26-37)49-21-23-51-42(47)43(4,5)29-45/h14-19,24-27,32-33,44-45H,3,6-13,20-23,28-29H2,1-2,4-5H3. The first-order valence-corrected chi connectivity index (χ1v) is 18.4. The maximum absolute atomic E-state index is 12.2. The first-order valence-electron chi connectivity index (χ1n) is 18.4. The SMILES string of the molecule is C=C(CO)C(=O)OCCOc1cc(OCCOC(=O)C(C)(C)CO)cc(-c2ccc(-c3ccc(C4CCC(CCCCC)CC4)cc3C)cc2)c1. The second-order valence-electron chi connectivity index (χ2n) is 14.3. The molecule has 8 heteroatoms. The van der Waals surface area contributed by atoms with Gasteiger partial charge in [-0.2, -0.15) is 0 Å². The van der Waals surface area contributed by atoms with Crippen LogP contribution in [0.3, 0.4) is 0 Å². The van der Waals surface area contributed by atoms with E-state index in [1.165, 1.54) is 68.1 Å². The fourth-order valence-electron chi connectivity index (χ4n) is 6.49. The maximum atomic E-state index is 12.2. The third-order valence-corrected chi connectivity index (χ3v) is 9.79. The zero-order valence-corrected chi connectivity index (χ0v) is 30.9. The van der Waals surface area contributed by atoms with E-state index in [9.17, 15) is 14.7 Å². The maximum Gasteiger partial charge on any atom is 0.335 e. The summed E-state index contributed by atoms with van der Waals surface area (Å²) in [4.78, 5) is 24.1. The van der Waals surface area contributed by atoms with Gasteiger partial charge in [-0.15, -0.1) is 0 Å². The van der Waals surface area contributed by atoms with Crippen molar-refractivity contribution >= 4 is 11.9 Å². The molecule has 1 aliphatic rings. The largest absolute Gasteiger partial charge is 0.490 e. The van der Waals surface area contributed by atoms with Gasteiger partial charge in [0.2, 0.25) is 0 Å². The second kappa shape index (κ2) is 19.5. The van der Waals surface area contributed by atoms with E-state index < -0.39 is 24.0 Å². The van der Waals surface area contributed by atoms with E-state index in [-0.39, 0.29) is 38.6 Å². The van der Waals surface area contributed by atoms with Crippen molar-refractivity contribution in [3.8, 4) is 33.8 Å². The van der Waals surface area contributed by atoms with Crippen molar-refractivity contribution in [2.75, 3.05) is 39.6 Å². The van der Waals surface area contributed by atoms with Crippen LogP contribution < -0.4 is 9.47 Å². The summed E-state index contributed by atoms with van der Waals surface area (Å²) >= 11 is 0. The lowest BCUT2D eigenvalue weighted by atomic mass is 9.76. The first kappa shape index (κ1) is 39.6. The molecule has 2 N–H and O–H groups in total. The molecule has 4 rings (SSSR count). The van der Waals surface area contributed by atoms with Crippen LogP contribution in [0.1, 0.15) is 89.2 Å². The van der Waals surface area contributed by atoms with Gasteiger partial charge in [-0.25, -0.2) is 4.79 Å². The fourth-order valence-corrected chi connectivity index (χ4v) is 6.49. The van der Waals surface area contributed by atoms with Crippen LogP contribution in [0.15, 0.2) is 72.8 Å². The normalized spacial score (nSPS) is 16.0. The number of carbonyl (C=O) groups is 2. The number of hydrogen-bond donors (Lipinski definition) is 2. The van der Waals surface area contributed by atoms with Crippen LogP contribution in [0.25, 0.3) is 22.3 Å². The molecule has 3 aromatic carbocycles. The summed E-state index contributed by atoms with van der Waals surface area (Å²) in [6.07, 6.45) is 10.7. The van der Waals surface area contributed by atoms with Gasteiger partial charge in [0.1, 0.15) is 37.9 Å². The molecular weight excluding hydrogens is 644 g/mol. The van der Waals surface area contributed by atoms with Gasteiger partial charge in [-0.3, -0.25) is 4.79 Å². The Hall–Kier alpha value is -4.14. The molecule has 3 aromatic rings. The van der Waals surface area contributed by atoms with E-state index in [1.54, 1.807) is 19.9 Å². The molecule has 1 fully saturated rings. The topological polar surface area (TPSA) is 112 Å². The van der Waals surface area contributed by atoms with Crippen LogP contribution in [-0.4, -0.2) is 61.8 Å². The molecule has 1 aliphatic carbocycles. The highest BCUT2D eigenvalue weighted by atomic mass is 16.6. The van der Waals surface area contributed by atoms with Gasteiger partial charge in [0.15, 0.2) is 0 Å². The summed E-state index contributed by atoms with van der Waals surface area (Å²) in [6.45, 7) is 10.6. The lowest BCUT2D eigenvalue weighted by Crippen LogP contribution is -2.31. The summed E-state index contributed by atoms with van der Waals surface area (Å²) < 4.78 is 22.3. The van der Waals surface area contributed by atoms with Gasteiger partial charge in [-0.1, -0.05) is 81.7 Å². The van der Waals surface area contributed by atoms with Gasteiger partial charge in [0, 0.05) is 6.07 Å². The minimum Gasteiger partial charge on any atom is -0.490 e. The van der Waals surface area contributed by atoms with Crippen molar-refractivity contribution in [1.82, 2.24) is 0 Å². The van der Waals surface area contributed by atoms with E-state index >= 15 is 0 Å². The van der Waals surface area contributed by atoms with E-state index in [1.807, 2.05) is 12.1 Å². The van der Waals surface area contributed by atoms with Crippen LogP contribution in [0, 0.1) is 18.3 Å². The monoisotopic (exact) mass is 700 g/mol. The molecule has 0 atom stereocenters. The number of ether oxygens (including phenoxy) is 4. The molecule has 0 saturated heterocycles. The molecule has 0 aliphatic heterocycles. The van der Waals surface area contributed by atoms with Gasteiger partial charge in [0.25, 0.3) is 0 Å². The molecule has 0 bridgehead atoms. The highest BCUT2D eigenvalue weighted by Gasteiger charge is 2.28. The molecule has 0 radical (unpaired) electrons. The molecule has 0 amide bonds. The highest BCUT2D eigenvalue weighted by Crippen LogP contribution is 2.39. The Kier molecular flexibility index (Phi) is 15.1. The Labute approximate surface area is 303 Å². The van der Waals surface area contributed by atoms with Crippen molar-refractivity contribution in [1.29, 1.82) is 0 Å². The number of esters is 2. The zero-order valence-electron chi connectivity index (χ0n) is 30.9. The van der Waals surface area contributed by atoms with E-state index in [2.05, 4.69) is 62.9 Å². The van der Waals surface area contributed by atoms with Crippen LogP contribution >= 0.6 is 0 Å². The third kappa shape index (κ3) is 11.7. The average Bonchev–Trinajstić information content (AvgIpc) is 3.15. The predicted octanol–water partition coefficient (Wildman–Crippen LogP) is 8.59. The molecule has 0 unspecified atom stereocenters.